The fourth-order valence-electron chi connectivity index (χ4n) is 3.45. The number of thioether (sulfide) groups is 1. The average Bonchev–Trinajstić information content (AvgIpc) is 3.28. The number of fused-ring (bicyclic) bond motifs is 3. The first kappa shape index (κ1) is 19.0. The molecule has 2 aromatic heterocycles. The van der Waals surface area contributed by atoms with Gasteiger partial charge in [0, 0.05) is 10.9 Å². The molecule has 0 aliphatic heterocycles. The zero-order valence-corrected chi connectivity index (χ0v) is 17.5. The van der Waals surface area contributed by atoms with Gasteiger partial charge in [0.15, 0.2) is 5.16 Å². The molecule has 146 valence electrons. The molecule has 0 radical (unpaired) electrons. The fourth-order valence-corrected chi connectivity index (χ4v) is 5.71. The van der Waals surface area contributed by atoms with E-state index in [4.69, 9.17) is 14.5 Å². The molecule has 1 aliphatic rings. The van der Waals surface area contributed by atoms with Crippen LogP contribution in [-0.2, 0) is 22.4 Å². The van der Waals surface area contributed by atoms with Crippen LogP contribution in [0.25, 0.3) is 15.9 Å². The molecule has 8 heteroatoms. The van der Waals surface area contributed by atoms with Gasteiger partial charge >= 0.3 is 5.97 Å². The summed E-state index contributed by atoms with van der Waals surface area (Å²) in [7, 11) is 2.94. The van der Waals surface area contributed by atoms with Crippen LogP contribution in [0.5, 0.6) is 5.75 Å². The molecule has 1 atom stereocenters. The molecule has 1 aliphatic carbocycles. The second kappa shape index (κ2) is 7.60. The molecular weight excluding hydrogens is 396 g/mol. The number of rotatable bonds is 5. The number of methoxy groups -OCH3 is 2. The first-order valence-electron chi connectivity index (χ1n) is 8.99. The topological polar surface area (TPSA) is 70.4 Å². The highest BCUT2D eigenvalue weighted by molar-refractivity contribution is 8.00. The van der Waals surface area contributed by atoms with Gasteiger partial charge in [0.25, 0.3) is 5.56 Å². The molecule has 0 N–H and O–H groups in total. The van der Waals surface area contributed by atoms with Gasteiger partial charge in [-0.15, -0.1) is 11.3 Å². The number of thiophene rings is 1. The molecule has 0 saturated carbocycles. The van der Waals surface area contributed by atoms with Crippen LogP contribution >= 0.6 is 23.1 Å². The van der Waals surface area contributed by atoms with Crippen LogP contribution in [0.3, 0.4) is 0 Å². The lowest BCUT2D eigenvalue weighted by Gasteiger charge is -2.15. The lowest BCUT2D eigenvalue weighted by molar-refractivity contribution is -0.139. The van der Waals surface area contributed by atoms with Gasteiger partial charge < -0.3 is 9.47 Å². The minimum Gasteiger partial charge on any atom is -0.497 e. The number of carbonyl (C=O) groups excluding carboxylic acids is 1. The molecule has 0 spiro atoms. The average molecular weight is 417 g/mol. The number of nitrogens with zero attached hydrogens (tertiary/aromatic N) is 2. The summed E-state index contributed by atoms with van der Waals surface area (Å²) in [5.41, 5.74) is 1.69. The van der Waals surface area contributed by atoms with E-state index in [1.165, 1.54) is 23.7 Å². The standard InChI is InChI=1S/C20H20N2O4S2/c1-11(19(24)26-3)27-20-21-17-16(14-8-5-9-15(14)28-17)18(23)22(20)12-6-4-7-13(10-12)25-2/h4,6-7,10-11H,5,8-9H2,1-3H3/t11-/m0/s1. The molecule has 0 unspecified atom stereocenters. The third kappa shape index (κ3) is 3.20. The molecule has 28 heavy (non-hydrogen) atoms. The van der Waals surface area contributed by atoms with Crippen molar-refractivity contribution in [1.29, 1.82) is 0 Å². The third-order valence-electron chi connectivity index (χ3n) is 4.83. The summed E-state index contributed by atoms with van der Waals surface area (Å²) in [4.78, 5) is 32.3. The van der Waals surface area contributed by atoms with Crippen molar-refractivity contribution in [1.82, 2.24) is 9.55 Å². The van der Waals surface area contributed by atoms with Gasteiger partial charge in [0.2, 0.25) is 0 Å². The summed E-state index contributed by atoms with van der Waals surface area (Å²) in [6.45, 7) is 1.75. The Balaban J connectivity index is 1.95. The molecular formula is C20H20N2O4S2. The quantitative estimate of drug-likeness (QED) is 0.360. The highest BCUT2D eigenvalue weighted by Gasteiger charge is 2.26. The van der Waals surface area contributed by atoms with Crippen LogP contribution < -0.4 is 10.3 Å². The minimum atomic E-state index is -0.488. The number of aromatic nitrogens is 2. The smallest absolute Gasteiger partial charge is 0.318 e. The summed E-state index contributed by atoms with van der Waals surface area (Å²) in [6, 6.07) is 7.30. The van der Waals surface area contributed by atoms with Crippen molar-refractivity contribution in [2.45, 2.75) is 36.6 Å². The lowest BCUT2D eigenvalue weighted by Crippen LogP contribution is -2.24. The Hall–Kier alpha value is -2.32. The summed E-state index contributed by atoms with van der Waals surface area (Å²) < 4.78 is 11.7. The van der Waals surface area contributed by atoms with E-state index in [1.54, 1.807) is 36.0 Å². The van der Waals surface area contributed by atoms with E-state index in [1.807, 2.05) is 18.2 Å². The highest BCUT2D eigenvalue weighted by Crippen LogP contribution is 2.36. The van der Waals surface area contributed by atoms with Gasteiger partial charge in [-0.1, -0.05) is 17.8 Å². The van der Waals surface area contributed by atoms with Gasteiger partial charge in [0.05, 0.1) is 25.3 Å². The van der Waals surface area contributed by atoms with E-state index in [0.29, 0.717) is 22.0 Å². The van der Waals surface area contributed by atoms with Crippen molar-refractivity contribution >= 4 is 39.3 Å². The number of carbonyl (C=O) groups is 1. The van der Waals surface area contributed by atoms with Gasteiger partial charge in [0.1, 0.15) is 15.8 Å². The number of esters is 1. The van der Waals surface area contributed by atoms with Crippen LogP contribution in [0.1, 0.15) is 23.8 Å². The maximum absolute atomic E-state index is 13.6. The monoisotopic (exact) mass is 416 g/mol. The van der Waals surface area contributed by atoms with E-state index in [0.717, 1.165) is 29.7 Å². The van der Waals surface area contributed by atoms with Crippen LogP contribution in [0.4, 0.5) is 0 Å². The summed E-state index contributed by atoms with van der Waals surface area (Å²) in [6.07, 6.45) is 2.98. The molecule has 0 bridgehead atoms. The zero-order valence-electron chi connectivity index (χ0n) is 15.9. The number of benzene rings is 1. The first-order chi connectivity index (χ1) is 13.5. The molecule has 0 saturated heterocycles. The van der Waals surface area contributed by atoms with E-state index in [2.05, 4.69) is 0 Å². The number of hydrogen-bond acceptors (Lipinski definition) is 7. The largest absolute Gasteiger partial charge is 0.497 e. The Morgan fingerprint density at radius 2 is 2.14 bits per heavy atom. The summed E-state index contributed by atoms with van der Waals surface area (Å²) in [5.74, 6) is 0.294. The fraction of sp³-hybridized carbons (Fsp3) is 0.350. The Morgan fingerprint density at radius 3 is 2.89 bits per heavy atom. The Bertz CT molecular complexity index is 1120. The van der Waals surface area contributed by atoms with E-state index in [9.17, 15) is 9.59 Å². The lowest BCUT2D eigenvalue weighted by atomic mass is 10.2. The predicted molar refractivity (Wildman–Crippen MR) is 111 cm³/mol. The molecule has 0 fully saturated rings. The van der Waals surface area contributed by atoms with Gasteiger partial charge in [-0.05, 0) is 43.9 Å². The van der Waals surface area contributed by atoms with Crippen LogP contribution in [0.2, 0.25) is 0 Å². The van der Waals surface area contributed by atoms with E-state index in [-0.39, 0.29) is 11.5 Å². The SMILES string of the molecule is COC(=O)[C@H](C)Sc1nc2sc3c(c2c(=O)n1-c1cccc(OC)c1)CCC3. The van der Waals surface area contributed by atoms with Crippen LogP contribution in [0, 0.1) is 0 Å². The summed E-state index contributed by atoms with van der Waals surface area (Å²) >= 11 is 2.81. The predicted octanol–water partition coefficient (Wildman–Crippen LogP) is 3.60. The minimum absolute atomic E-state index is 0.0998. The van der Waals surface area contributed by atoms with Crippen molar-refractivity contribution in [3.8, 4) is 11.4 Å². The Morgan fingerprint density at radius 1 is 1.32 bits per heavy atom. The van der Waals surface area contributed by atoms with Gasteiger partial charge in [-0.25, -0.2) is 4.98 Å². The van der Waals surface area contributed by atoms with Crippen molar-refractivity contribution < 1.29 is 14.3 Å². The second-order valence-electron chi connectivity index (χ2n) is 6.56. The van der Waals surface area contributed by atoms with Crippen molar-refractivity contribution in [2.75, 3.05) is 14.2 Å². The van der Waals surface area contributed by atoms with Gasteiger partial charge in [-0.3, -0.25) is 14.2 Å². The normalized spacial score (nSPS) is 14.1. The first-order valence-corrected chi connectivity index (χ1v) is 10.7. The molecule has 2 heterocycles. The molecule has 3 aromatic rings. The number of aryl methyl sites for hydroxylation is 2. The highest BCUT2D eigenvalue weighted by atomic mass is 32.2. The number of ether oxygens (including phenoxy) is 2. The van der Waals surface area contributed by atoms with Gasteiger partial charge in [-0.2, -0.15) is 0 Å². The molecule has 0 amide bonds. The van der Waals surface area contributed by atoms with Crippen molar-refractivity contribution in [3.63, 3.8) is 0 Å². The summed E-state index contributed by atoms with van der Waals surface area (Å²) in [5, 5.41) is 0.692. The Kier molecular flexibility index (Phi) is 5.16. The van der Waals surface area contributed by atoms with Crippen molar-refractivity contribution in [3.05, 3.63) is 45.1 Å². The molecule has 4 rings (SSSR count). The van der Waals surface area contributed by atoms with Crippen LogP contribution in [0.15, 0.2) is 34.2 Å². The maximum atomic E-state index is 13.6. The second-order valence-corrected chi connectivity index (χ2v) is 8.95. The molecule has 6 nitrogen and oxygen atoms in total. The van der Waals surface area contributed by atoms with E-state index < -0.39 is 5.25 Å². The molecule has 1 aromatic carbocycles. The zero-order chi connectivity index (χ0) is 19.8. The third-order valence-corrected chi connectivity index (χ3v) is 7.05. The maximum Gasteiger partial charge on any atom is 0.318 e. The van der Waals surface area contributed by atoms with Crippen molar-refractivity contribution in [2.24, 2.45) is 0 Å². The van der Waals surface area contributed by atoms with Crippen LogP contribution in [-0.4, -0.2) is 35.0 Å². The Labute approximate surface area is 170 Å². The van der Waals surface area contributed by atoms with E-state index >= 15 is 0 Å². The number of hydrogen-bond donors (Lipinski definition) is 0.